The van der Waals surface area contributed by atoms with Gasteiger partial charge >= 0.3 is 0 Å². The van der Waals surface area contributed by atoms with Crippen LogP contribution in [0.15, 0.2) is 24.3 Å². The summed E-state index contributed by atoms with van der Waals surface area (Å²) in [5, 5.41) is 4.53. The minimum atomic E-state index is -0.743. The van der Waals surface area contributed by atoms with Crippen LogP contribution in [-0.2, 0) is 10.3 Å². The predicted molar refractivity (Wildman–Crippen MR) is 99.9 cm³/mol. The first-order valence-electron chi connectivity index (χ1n) is 8.34. The van der Waals surface area contributed by atoms with Crippen LogP contribution < -0.4 is 5.32 Å². The van der Waals surface area contributed by atoms with Crippen LogP contribution in [0.25, 0.3) is 0 Å². The third-order valence-corrected chi connectivity index (χ3v) is 5.40. The summed E-state index contributed by atoms with van der Waals surface area (Å²) in [5.74, 6) is 0.207. The smallest absolute Gasteiger partial charge is 0.169 e. The average Bonchev–Trinajstić information content (AvgIpc) is 2.56. The fourth-order valence-corrected chi connectivity index (χ4v) is 3.84. The number of nitrogens with one attached hydrogen (secondary N) is 1. The molecule has 0 saturated heterocycles. The zero-order valence-corrected chi connectivity index (χ0v) is 15.5. The number of carbonyl (C=O) groups excluding carboxylic acids is 1. The van der Waals surface area contributed by atoms with Crippen LogP contribution in [0, 0.1) is 0 Å². The van der Waals surface area contributed by atoms with Gasteiger partial charge in [-0.05, 0) is 44.0 Å². The molecule has 1 unspecified atom stereocenters. The molecule has 1 N–H and O–H groups in total. The normalized spacial score (nSPS) is 21.1. The second kappa shape index (κ2) is 8.11. The summed E-state index contributed by atoms with van der Waals surface area (Å²) < 4.78 is 0. The van der Waals surface area contributed by atoms with Gasteiger partial charge in [0.2, 0.25) is 0 Å². The molecule has 1 aliphatic carbocycles. The van der Waals surface area contributed by atoms with Gasteiger partial charge in [0.05, 0.1) is 0 Å². The van der Waals surface area contributed by atoms with Crippen molar-refractivity contribution < 1.29 is 4.79 Å². The monoisotopic (exact) mass is 352 g/mol. The lowest BCUT2D eigenvalue weighted by atomic mass is 9.74. The number of benzene rings is 1. The van der Waals surface area contributed by atoms with Crippen molar-refractivity contribution in [2.45, 2.75) is 51.0 Å². The number of rotatable bonds is 5. The second-order valence-electron chi connectivity index (χ2n) is 6.11. The van der Waals surface area contributed by atoms with Gasteiger partial charge in [-0.15, -0.1) is 0 Å². The summed E-state index contributed by atoms with van der Waals surface area (Å²) in [5.41, 5.74) is 0.126. The molecule has 2 rings (SSSR count). The first-order valence-corrected chi connectivity index (χ1v) is 9.12. The van der Waals surface area contributed by atoms with Crippen molar-refractivity contribution in [3.05, 3.63) is 34.9 Å². The molecule has 1 atom stereocenters. The van der Waals surface area contributed by atoms with Gasteiger partial charge in [-0.1, -0.05) is 43.1 Å². The molecule has 126 valence electrons. The topological polar surface area (TPSA) is 32.3 Å². The van der Waals surface area contributed by atoms with Gasteiger partial charge in [-0.2, -0.15) is 0 Å². The summed E-state index contributed by atoms with van der Waals surface area (Å²) in [4.78, 5) is 14.9. The van der Waals surface area contributed by atoms with Crippen LogP contribution in [0.4, 0.5) is 0 Å². The number of unbranched alkanes of at least 4 members (excludes halogenated alkanes) is 1. The van der Waals surface area contributed by atoms with Gasteiger partial charge in [-0.25, -0.2) is 0 Å². The lowest BCUT2D eigenvalue weighted by Crippen LogP contribution is -2.56. The Morgan fingerprint density at radius 2 is 2.13 bits per heavy atom. The van der Waals surface area contributed by atoms with E-state index in [9.17, 15) is 4.79 Å². The van der Waals surface area contributed by atoms with E-state index in [-0.39, 0.29) is 5.78 Å². The standard InChI is InChI=1S/C18H25ClN2OS/c1-3-4-13-20-17(23)21(2)18(12-8-7-11-16(18)22)14-9-5-6-10-15(14)19/h5-6,9-10H,3-4,7-8,11-13H2,1-2H3,(H,20,23). The Kier molecular flexibility index (Phi) is 6.42. The molecule has 1 fully saturated rings. The second-order valence-corrected chi connectivity index (χ2v) is 6.91. The number of hydrogen-bond donors (Lipinski definition) is 1. The summed E-state index contributed by atoms with van der Waals surface area (Å²) in [7, 11) is 1.91. The number of nitrogens with zero attached hydrogens (tertiary/aromatic N) is 1. The van der Waals surface area contributed by atoms with Crippen LogP contribution in [0.2, 0.25) is 5.02 Å². The molecule has 5 heteroatoms. The van der Waals surface area contributed by atoms with E-state index in [1.807, 2.05) is 36.2 Å². The molecule has 3 nitrogen and oxygen atoms in total. The number of thiocarbonyl (C=S) groups is 1. The quantitative estimate of drug-likeness (QED) is 0.633. The molecular weight excluding hydrogens is 328 g/mol. The van der Waals surface area contributed by atoms with Crippen molar-refractivity contribution in [3.8, 4) is 0 Å². The maximum atomic E-state index is 13.0. The maximum Gasteiger partial charge on any atom is 0.169 e. The van der Waals surface area contributed by atoms with Crippen LogP contribution in [0.1, 0.15) is 51.0 Å². The summed E-state index contributed by atoms with van der Waals surface area (Å²) in [6.07, 6.45) is 5.43. The number of hydrogen-bond acceptors (Lipinski definition) is 2. The Balaban J connectivity index is 2.36. The van der Waals surface area contributed by atoms with E-state index in [4.69, 9.17) is 23.8 Å². The third kappa shape index (κ3) is 3.69. The minimum Gasteiger partial charge on any atom is -0.363 e. The molecule has 23 heavy (non-hydrogen) atoms. The van der Waals surface area contributed by atoms with Gasteiger partial charge in [0.15, 0.2) is 10.9 Å². The first kappa shape index (κ1) is 18.2. The fraction of sp³-hybridized carbons (Fsp3) is 0.556. The predicted octanol–water partition coefficient (Wildman–Crippen LogP) is 4.28. The molecule has 0 spiro atoms. The molecule has 1 saturated carbocycles. The molecule has 1 aliphatic rings. The number of Topliss-reactive ketones (excluding diaryl/α,β-unsaturated/α-hetero) is 1. The molecule has 1 aromatic rings. The Morgan fingerprint density at radius 3 is 2.78 bits per heavy atom. The Labute approximate surface area is 149 Å². The number of ketones is 1. The molecule has 0 heterocycles. The van der Waals surface area contributed by atoms with E-state index in [0.29, 0.717) is 16.6 Å². The Morgan fingerprint density at radius 1 is 1.39 bits per heavy atom. The summed E-state index contributed by atoms with van der Waals surface area (Å²) in [6, 6.07) is 7.63. The lowest BCUT2D eigenvalue weighted by molar-refractivity contribution is -0.131. The highest BCUT2D eigenvalue weighted by Crippen LogP contribution is 2.42. The largest absolute Gasteiger partial charge is 0.363 e. The highest BCUT2D eigenvalue weighted by molar-refractivity contribution is 7.80. The van der Waals surface area contributed by atoms with Gasteiger partial charge in [0.25, 0.3) is 0 Å². The third-order valence-electron chi connectivity index (χ3n) is 4.66. The van der Waals surface area contributed by atoms with Gasteiger partial charge in [0, 0.05) is 30.6 Å². The Hall–Kier alpha value is -1.13. The number of carbonyl (C=O) groups is 1. The molecule has 0 radical (unpaired) electrons. The van der Waals surface area contributed by atoms with E-state index < -0.39 is 5.54 Å². The van der Waals surface area contributed by atoms with Crippen LogP contribution in [0.3, 0.4) is 0 Å². The van der Waals surface area contributed by atoms with Crippen molar-refractivity contribution in [2.24, 2.45) is 0 Å². The van der Waals surface area contributed by atoms with Crippen molar-refractivity contribution in [1.29, 1.82) is 0 Å². The van der Waals surface area contributed by atoms with Crippen LogP contribution >= 0.6 is 23.8 Å². The van der Waals surface area contributed by atoms with E-state index in [1.165, 1.54) is 0 Å². The van der Waals surface area contributed by atoms with E-state index in [0.717, 1.165) is 44.2 Å². The molecule has 0 bridgehead atoms. The highest BCUT2D eigenvalue weighted by Gasteiger charge is 2.46. The minimum absolute atomic E-state index is 0.207. The number of likely N-dealkylation sites (N-methyl/N-ethyl adjacent to an activating group) is 1. The van der Waals surface area contributed by atoms with Gasteiger partial charge in [0.1, 0.15) is 5.54 Å². The Bertz CT molecular complexity index is 578. The lowest BCUT2D eigenvalue weighted by Gasteiger charge is -2.45. The maximum absolute atomic E-state index is 13.0. The highest BCUT2D eigenvalue weighted by atomic mass is 35.5. The van der Waals surface area contributed by atoms with Crippen molar-refractivity contribution in [1.82, 2.24) is 10.2 Å². The van der Waals surface area contributed by atoms with E-state index in [1.54, 1.807) is 0 Å². The molecule has 0 aromatic heterocycles. The molecular formula is C18H25ClN2OS. The average molecular weight is 353 g/mol. The zero-order valence-electron chi connectivity index (χ0n) is 13.9. The van der Waals surface area contributed by atoms with Gasteiger partial charge in [-0.3, -0.25) is 4.79 Å². The van der Waals surface area contributed by atoms with E-state index >= 15 is 0 Å². The molecule has 0 amide bonds. The fourth-order valence-electron chi connectivity index (χ4n) is 3.29. The first-order chi connectivity index (χ1) is 11.0. The van der Waals surface area contributed by atoms with Crippen molar-refractivity contribution >= 4 is 34.7 Å². The van der Waals surface area contributed by atoms with Crippen molar-refractivity contribution in [2.75, 3.05) is 13.6 Å². The molecule has 1 aromatic carbocycles. The van der Waals surface area contributed by atoms with Gasteiger partial charge < -0.3 is 10.2 Å². The SMILES string of the molecule is CCCCNC(=S)N(C)C1(c2ccccc2Cl)CCCCC1=O. The van der Waals surface area contributed by atoms with Crippen LogP contribution in [-0.4, -0.2) is 29.4 Å². The summed E-state index contributed by atoms with van der Waals surface area (Å²) >= 11 is 12.0. The van der Waals surface area contributed by atoms with Crippen LogP contribution in [0.5, 0.6) is 0 Å². The molecule has 0 aliphatic heterocycles. The van der Waals surface area contributed by atoms with Crippen molar-refractivity contribution in [3.63, 3.8) is 0 Å². The van der Waals surface area contributed by atoms with E-state index in [2.05, 4.69) is 12.2 Å². The summed E-state index contributed by atoms with van der Waals surface area (Å²) in [6.45, 7) is 2.97. The number of halogens is 1. The zero-order chi connectivity index (χ0) is 16.9.